The highest BCUT2D eigenvalue weighted by Gasteiger charge is 2.06. The van der Waals surface area contributed by atoms with Gasteiger partial charge < -0.3 is 4.42 Å². The molecule has 0 amide bonds. The Balaban J connectivity index is 1.92. The second kappa shape index (κ2) is 3.97. The number of hydrogen-bond donors (Lipinski definition) is 0. The summed E-state index contributed by atoms with van der Waals surface area (Å²) in [6.07, 6.45) is 2.21. The van der Waals surface area contributed by atoms with E-state index >= 15 is 0 Å². The minimum Gasteiger partial charge on any atom is -0.439 e. The van der Waals surface area contributed by atoms with E-state index in [4.69, 9.17) is 4.42 Å². The van der Waals surface area contributed by atoms with Crippen LogP contribution in [0.25, 0.3) is 11.2 Å². The standard InChI is InChI=1S/C13H9FN2O/c14-10-5-3-9(4-6-10)8-12-16-13-11(17-12)2-1-7-15-13/h1-7H,8H2. The highest BCUT2D eigenvalue weighted by Crippen LogP contribution is 2.15. The van der Waals surface area contributed by atoms with Gasteiger partial charge in [-0.25, -0.2) is 9.37 Å². The van der Waals surface area contributed by atoms with E-state index in [1.165, 1.54) is 12.1 Å². The summed E-state index contributed by atoms with van der Waals surface area (Å²) in [6, 6.07) is 9.92. The third-order valence-corrected chi connectivity index (χ3v) is 2.48. The van der Waals surface area contributed by atoms with Crippen LogP contribution in [0.2, 0.25) is 0 Å². The van der Waals surface area contributed by atoms with Crippen LogP contribution in [0, 0.1) is 5.82 Å². The molecule has 0 bridgehead atoms. The molecule has 3 rings (SSSR count). The van der Waals surface area contributed by atoms with Crippen molar-refractivity contribution in [1.29, 1.82) is 0 Å². The second-order valence-corrected chi connectivity index (χ2v) is 3.74. The van der Waals surface area contributed by atoms with Crippen molar-refractivity contribution in [3.05, 3.63) is 59.9 Å². The molecule has 17 heavy (non-hydrogen) atoms. The Morgan fingerprint density at radius 1 is 1.12 bits per heavy atom. The molecule has 0 aliphatic rings. The zero-order valence-corrected chi connectivity index (χ0v) is 8.93. The molecule has 2 heterocycles. The minimum atomic E-state index is -0.243. The first-order valence-electron chi connectivity index (χ1n) is 5.26. The SMILES string of the molecule is Fc1ccc(Cc2nc3ncccc3o2)cc1. The Morgan fingerprint density at radius 3 is 2.71 bits per heavy atom. The summed E-state index contributed by atoms with van der Waals surface area (Å²) in [5.74, 6) is 0.346. The molecule has 3 aromatic rings. The van der Waals surface area contributed by atoms with Gasteiger partial charge in [-0.1, -0.05) is 12.1 Å². The Labute approximate surface area is 96.9 Å². The average Bonchev–Trinajstić information content (AvgIpc) is 2.74. The molecular weight excluding hydrogens is 219 g/mol. The molecule has 0 spiro atoms. The van der Waals surface area contributed by atoms with E-state index in [2.05, 4.69) is 9.97 Å². The summed E-state index contributed by atoms with van der Waals surface area (Å²) >= 11 is 0. The maximum Gasteiger partial charge on any atom is 0.201 e. The largest absolute Gasteiger partial charge is 0.439 e. The zero-order valence-electron chi connectivity index (χ0n) is 8.93. The van der Waals surface area contributed by atoms with E-state index in [9.17, 15) is 4.39 Å². The van der Waals surface area contributed by atoms with Gasteiger partial charge in [0.05, 0.1) is 0 Å². The van der Waals surface area contributed by atoms with E-state index in [0.717, 1.165) is 5.56 Å². The van der Waals surface area contributed by atoms with Gasteiger partial charge in [-0.15, -0.1) is 0 Å². The molecule has 0 N–H and O–H groups in total. The summed E-state index contributed by atoms with van der Waals surface area (Å²) in [5.41, 5.74) is 2.23. The first-order chi connectivity index (χ1) is 8.31. The number of halogens is 1. The van der Waals surface area contributed by atoms with E-state index in [1.807, 2.05) is 6.07 Å². The molecule has 0 radical (unpaired) electrons. The fourth-order valence-electron chi connectivity index (χ4n) is 1.67. The summed E-state index contributed by atoms with van der Waals surface area (Å²) in [7, 11) is 0. The van der Waals surface area contributed by atoms with Crippen molar-refractivity contribution in [3.8, 4) is 0 Å². The number of fused-ring (bicyclic) bond motifs is 1. The lowest BCUT2D eigenvalue weighted by atomic mass is 10.1. The predicted molar refractivity (Wildman–Crippen MR) is 61.0 cm³/mol. The van der Waals surface area contributed by atoms with Crippen molar-refractivity contribution in [2.75, 3.05) is 0 Å². The van der Waals surface area contributed by atoms with Crippen LogP contribution in [0.15, 0.2) is 47.0 Å². The topological polar surface area (TPSA) is 38.9 Å². The molecule has 0 unspecified atom stereocenters. The minimum absolute atomic E-state index is 0.243. The van der Waals surface area contributed by atoms with Crippen molar-refractivity contribution >= 4 is 11.2 Å². The Morgan fingerprint density at radius 2 is 1.94 bits per heavy atom. The summed E-state index contributed by atoms with van der Waals surface area (Å²) in [4.78, 5) is 8.35. The Kier molecular flexibility index (Phi) is 2.33. The first-order valence-corrected chi connectivity index (χ1v) is 5.26. The van der Waals surface area contributed by atoms with Gasteiger partial charge in [0.15, 0.2) is 11.2 Å². The van der Waals surface area contributed by atoms with E-state index in [0.29, 0.717) is 23.5 Å². The molecule has 0 saturated carbocycles. The number of benzene rings is 1. The van der Waals surface area contributed by atoms with E-state index < -0.39 is 0 Å². The molecule has 0 aliphatic heterocycles. The summed E-state index contributed by atoms with van der Waals surface area (Å²) in [5, 5.41) is 0. The molecule has 0 aliphatic carbocycles. The van der Waals surface area contributed by atoms with Crippen LogP contribution in [0.1, 0.15) is 11.5 Å². The Bertz CT molecular complexity index is 613. The average molecular weight is 228 g/mol. The van der Waals surface area contributed by atoms with Crippen molar-refractivity contribution in [1.82, 2.24) is 9.97 Å². The zero-order chi connectivity index (χ0) is 11.7. The maximum absolute atomic E-state index is 12.7. The van der Waals surface area contributed by atoms with Gasteiger partial charge >= 0.3 is 0 Å². The van der Waals surface area contributed by atoms with Gasteiger partial charge in [-0.2, -0.15) is 4.98 Å². The second-order valence-electron chi connectivity index (χ2n) is 3.74. The van der Waals surface area contributed by atoms with Gasteiger partial charge in [0.25, 0.3) is 0 Å². The number of hydrogen-bond acceptors (Lipinski definition) is 3. The first kappa shape index (κ1) is 9.96. The normalized spacial score (nSPS) is 10.9. The van der Waals surface area contributed by atoms with Crippen LogP contribution in [0.4, 0.5) is 4.39 Å². The van der Waals surface area contributed by atoms with Crippen LogP contribution in [0.5, 0.6) is 0 Å². The monoisotopic (exact) mass is 228 g/mol. The quantitative estimate of drug-likeness (QED) is 0.676. The van der Waals surface area contributed by atoms with E-state index in [-0.39, 0.29) is 5.82 Å². The van der Waals surface area contributed by atoms with Crippen molar-refractivity contribution in [2.24, 2.45) is 0 Å². The summed E-state index contributed by atoms with van der Waals surface area (Å²) in [6.45, 7) is 0. The molecule has 2 aromatic heterocycles. The number of pyridine rings is 1. The van der Waals surface area contributed by atoms with Gasteiger partial charge in [-0.3, -0.25) is 0 Å². The Hall–Kier alpha value is -2.23. The number of nitrogens with zero attached hydrogens (tertiary/aromatic N) is 2. The lowest BCUT2D eigenvalue weighted by Gasteiger charge is -1.96. The van der Waals surface area contributed by atoms with Crippen LogP contribution in [-0.4, -0.2) is 9.97 Å². The maximum atomic E-state index is 12.7. The van der Waals surface area contributed by atoms with Gasteiger partial charge in [0, 0.05) is 12.6 Å². The molecule has 4 heteroatoms. The van der Waals surface area contributed by atoms with Crippen LogP contribution in [0.3, 0.4) is 0 Å². The van der Waals surface area contributed by atoms with Gasteiger partial charge in [0.1, 0.15) is 5.82 Å². The predicted octanol–water partition coefficient (Wildman–Crippen LogP) is 2.95. The number of rotatable bonds is 2. The molecule has 3 nitrogen and oxygen atoms in total. The van der Waals surface area contributed by atoms with Crippen LogP contribution < -0.4 is 0 Å². The van der Waals surface area contributed by atoms with Crippen molar-refractivity contribution in [3.63, 3.8) is 0 Å². The lowest BCUT2D eigenvalue weighted by Crippen LogP contribution is -1.88. The van der Waals surface area contributed by atoms with Crippen molar-refractivity contribution < 1.29 is 8.81 Å². The van der Waals surface area contributed by atoms with Crippen LogP contribution >= 0.6 is 0 Å². The van der Waals surface area contributed by atoms with Crippen molar-refractivity contribution in [2.45, 2.75) is 6.42 Å². The molecule has 0 atom stereocenters. The third-order valence-electron chi connectivity index (χ3n) is 2.48. The molecule has 84 valence electrons. The molecular formula is C13H9FN2O. The smallest absolute Gasteiger partial charge is 0.201 e. The molecule has 0 fully saturated rings. The van der Waals surface area contributed by atoms with E-state index in [1.54, 1.807) is 24.4 Å². The fourth-order valence-corrected chi connectivity index (χ4v) is 1.67. The highest BCUT2D eigenvalue weighted by atomic mass is 19.1. The molecule has 0 saturated heterocycles. The van der Waals surface area contributed by atoms with Gasteiger partial charge in [0.2, 0.25) is 5.89 Å². The summed E-state index contributed by atoms with van der Waals surface area (Å²) < 4.78 is 18.3. The number of aromatic nitrogens is 2. The lowest BCUT2D eigenvalue weighted by molar-refractivity contribution is 0.543. The fraction of sp³-hybridized carbons (Fsp3) is 0.0769. The van der Waals surface area contributed by atoms with Gasteiger partial charge in [-0.05, 0) is 29.8 Å². The third kappa shape index (κ3) is 2.01. The van der Waals surface area contributed by atoms with Crippen LogP contribution in [-0.2, 0) is 6.42 Å². The molecule has 1 aromatic carbocycles. The number of oxazole rings is 1. The highest BCUT2D eigenvalue weighted by molar-refractivity contribution is 5.66.